The number of ether oxygens (including phenoxy) is 1. The number of para-hydroxylation sites is 4. The molecule has 5 heterocycles. The van der Waals surface area contributed by atoms with Gasteiger partial charge in [-0.3, -0.25) is 0 Å². The summed E-state index contributed by atoms with van der Waals surface area (Å²) in [4.78, 5) is 8.91. The summed E-state index contributed by atoms with van der Waals surface area (Å²) in [5, 5.41) is 5.01. The Morgan fingerprint density at radius 3 is 1.74 bits per heavy atom. The van der Waals surface area contributed by atoms with Crippen molar-refractivity contribution in [1.29, 1.82) is 0 Å². The van der Waals surface area contributed by atoms with Gasteiger partial charge in [0.2, 0.25) is 0 Å². The van der Waals surface area contributed by atoms with E-state index in [9.17, 15) is 0 Å². The molecule has 0 fully saturated rings. The Hall–Kier alpha value is -6.82. The molecule has 7 aromatic carbocycles. The Morgan fingerprint density at radius 1 is 0.514 bits per heavy atom. The van der Waals surface area contributed by atoms with Crippen molar-refractivity contribution in [3.05, 3.63) is 175 Å². The van der Waals surface area contributed by atoms with E-state index in [0.717, 1.165) is 55.3 Å². The Labute approximate surface area is 433 Å². The largest absolute Gasteiger partial charge is 0.509 e. The minimum Gasteiger partial charge on any atom is -0.509 e. The fourth-order valence-electron chi connectivity index (χ4n) is 10.2. The van der Waals surface area contributed by atoms with Gasteiger partial charge in [0.05, 0.1) is 16.7 Å². The van der Waals surface area contributed by atoms with E-state index in [4.69, 9.17) is 17.9 Å². The molecule has 4 aromatic heterocycles. The summed E-state index contributed by atoms with van der Waals surface area (Å²) in [7, 11) is 0. The maximum absolute atomic E-state index is 9.03. The molecule has 0 radical (unpaired) electrons. The number of anilines is 4. The molecule has 0 bridgehead atoms. The minimum absolute atomic E-state index is 0. The standard InChI is InChI=1S/C62H57N6O.Pt/c1-60(2,3)38-24-27-52-47(32-38)46-26-25-42(35-55(46)68(52)56-33-39(28-29-63-56)61(4,5)6)69-43-31-40(62(7,8)9)30-41(34-43)66-37-67(54-23-17-16-22-53(54)66)59-57-48(44-18-12-14-20-50(44)64(57)10)36-49-45-19-13-15-21-51(45)65(11)58(49)59;/h12-33,36-37H,1-11H3;/q-3;/i10D3,11D3;. The van der Waals surface area contributed by atoms with Crippen molar-refractivity contribution < 1.29 is 34.0 Å². The van der Waals surface area contributed by atoms with Crippen LogP contribution in [0.3, 0.4) is 0 Å². The molecule has 0 saturated heterocycles. The van der Waals surface area contributed by atoms with E-state index in [-0.39, 0.29) is 37.3 Å². The van der Waals surface area contributed by atoms with Crippen LogP contribution in [0.2, 0.25) is 0 Å². The summed E-state index contributed by atoms with van der Waals surface area (Å²) in [5.41, 5.74) is 9.14. The summed E-state index contributed by atoms with van der Waals surface area (Å²) < 4.78 is 66.1. The van der Waals surface area contributed by atoms with Gasteiger partial charge in [-0.05, 0) is 81.3 Å². The SMILES string of the molecule is [2H]C([2H])([2H])n1c2ccccc2c2cc3c4ccccc4n(C([2H])([2H])[2H])c3c(N3[CH-]N(c4[c-]c(Oc5[c-]c6c(cc5)c5cc(C(C)(C)C)ccc5n6-c5cc(C(C)(C)C)ccn5)cc(C(C)(C)C)c4)c4ccccc43)c21.[Pt]. The van der Waals surface area contributed by atoms with Crippen LogP contribution in [-0.2, 0) is 51.3 Å². The first-order valence-electron chi connectivity index (χ1n) is 26.6. The first kappa shape index (κ1) is 39.0. The van der Waals surface area contributed by atoms with E-state index in [0.29, 0.717) is 55.7 Å². The molecule has 11 aromatic rings. The topological polar surface area (TPSA) is 43.4 Å². The molecular formula is C62H57N6OPt-3. The van der Waals surface area contributed by atoms with Gasteiger partial charge in [0.15, 0.2) is 0 Å². The maximum atomic E-state index is 9.03. The minimum atomic E-state index is -2.64. The molecule has 0 aliphatic carbocycles. The number of aromatic nitrogens is 4. The maximum Gasteiger partial charge on any atom is 0.135 e. The number of benzene rings is 7. The van der Waals surface area contributed by atoms with Gasteiger partial charge in [0.25, 0.3) is 0 Å². The van der Waals surface area contributed by atoms with E-state index in [1.165, 1.54) is 20.3 Å². The monoisotopic (exact) mass is 1100 g/mol. The molecule has 12 rings (SSSR count). The van der Waals surface area contributed by atoms with Crippen molar-refractivity contribution in [3.8, 4) is 17.3 Å². The van der Waals surface area contributed by atoms with Gasteiger partial charge >= 0.3 is 0 Å². The van der Waals surface area contributed by atoms with Crippen LogP contribution in [0.5, 0.6) is 11.5 Å². The van der Waals surface area contributed by atoms with Crippen LogP contribution >= 0.6 is 0 Å². The van der Waals surface area contributed by atoms with Gasteiger partial charge in [-0.15, -0.1) is 53.6 Å². The molecule has 0 spiro atoms. The van der Waals surface area contributed by atoms with Crippen LogP contribution in [-0.4, -0.2) is 18.7 Å². The molecule has 0 saturated carbocycles. The van der Waals surface area contributed by atoms with Gasteiger partial charge in [-0.25, -0.2) is 4.98 Å². The molecule has 0 atom stereocenters. The van der Waals surface area contributed by atoms with E-state index in [2.05, 4.69) is 121 Å². The van der Waals surface area contributed by atoms with Gasteiger partial charge < -0.3 is 28.2 Å². The first-order chi connectivity index (χ1) is 35.4. The van der Waals surface area contributed by atoms with Crippen molar-refractivity contribution in [2.24, 2.45) is 14.0 Å². The predicted octanol–water partition coefficient (Wildman–Crippen LogP) is 16.2. The number of hydrogen-bond donors (Lipinski definition) is 0. The zero-order valence-electron chi connectivity index (χ0n) is 46.8. The summed E-state index contributed by atoms with van der Waals surface area (Å²) in [6.07, 6.45) is 1.88. The van der Waals surface area contributed by atoms with Gasteiger partial charge in [0, 0.05) is 110 Å². The fourth-order valence-corrected chi connectivity index (χ4v) is 10.2. The Morgan fingerprint density at radius 2 is 1.11 bits per heavy atom. The number of nitrogens with zero attached hydrogens (tertiary/aromatic N) is 6. The van der Waals surface area contributed by atoms with E-state index in [1.807, 2.05) is 114 Å². The third-order valence-corrected chi connectivity index (χ3v) is 14.0. The molecule has 8 heteroatoms. The Kier molecular flexibility index (Phi) is 8.97. The van der Waals surface area contributed by atoms with Crippen LogP contribution in [0.4, 0.5) is 22.7 Å². The number of hydrogen-bond acceptors (Lipinski definition) is 4. The first-order valence-corrected chi connectivity index (χ1v) is 23.6. The van der Waals surface area contributed by atoms with Gasteiger partial charge in [-0.1, -0.05) is 128 Å². The second-order valence-electron chi connectivity index (χ2n) is 21.6. The van der Waals surface area contributed by atoms with E-state index in [1.54, 1.807) is 0 Å². The third-order valence-electron chi connectivity index (χ3n) is 14.0. The normalized spacial score (nSPS) is 15.0. The van der Waals surface area contributed by atoms with E-state index < -0.39 is 14.0 Å². The van der Waals surface area contributed by atoms with Crippen molar-refractivity contribution in [3.63, 3.8) is 0 Å². The molecular weight excluding hydrogens is 1040 g/mol. The fraction of sp³-hybridized carbons (Fsp3) is 0.226. The number of aryl methyl sites for hydroxylation is 2. The summed E-state index contributed by atoms with van der Waals surface area (Å²) in [5.74, 6) is 1.76. The average molecular weight is 1100 g/mol. The average Bonchev–Trinajstić information content (AvgIpc) is 4.23. The van der Waals surface area contributed by atoms with E-state index >= 15 is 0 Å². The van der Waals surface area contributed by atoms with Gasteiger partial charge in [0.1, 0.15) is 5.82 Å². The van der Waals surface area contributed by atoms with Crippen LogP contribution < -0.4 is 14.5 Å². The predicted molar refractivity (Wildman–Crippen MR) is 288 cm³/mol. The molecule has 0 unspecified atom stereocenters. The summed E-state index contributed by atoms with van der Waals surface area (Å²) in [6.45, 7) is 16.4. The van der Waals surface area contributed by atoms with Crippen LogP contribution in [0.15, 0.2) is 140 Å². The number of fused-ring (bicyclic) bond motifs is 10. The molecule has 354 valence electrons. The molecule has 1 aliphatic rings. The van der Waals surface area contributed by atoms with Crippen molar-refractivity contribution in [2.45, 2.75) is 78.6 Å². The molecule has 7 nitrogen and oxygen atoms in total. The molecule has 0 N–H and O–H groups in total. The zero-order chi connectivity index (χ0) is 52.9. The molecule has 1 aliphatic heterocycles. The number of rotatable bonds is 5. The van der Waals surface area contributed by atoms with Crippen molar-refractivity contribution >= 4 is 88.2 Å². The second kappa shape index (κ2) is 16.1. The van der Waals surface area contributed by atoms with Gasteiger partial charge in [-0.2, -0.15) is 6.07 Å². The van der Waals surface area contributed by atoms with Crippen molar-refractivity contribution in [2.75, 3.05) is 9.80 Å². The number of pyridine rings is 1. The van der Waals surface area contributed by atoms with Crippen molar-refractivity contribution in [1.82, 2.24) is 18.7 Å². The zero-order valence-corrected chi connectivity index (χ0v) is 43.0. The Bertz CT molecular complexity index is 4040. The second-order valence-corrected chi connectivity index (χ2v) is 21.6. The van der Waals surface area contributed by atoms with Crippen LogP contribution in [0.25, 0.3) is 71.2 Å². The smallest absolute Gasteiger partial charge is 0.135 e. The van der Waals surface area contributed by atoms with Crippen LogP contribution in [0.1, 0.15) is 87.2 Å². The Balaban J connectivity index is 0.00000616. The molecule has 70 heavy (non-hydrogen) atoms. The quantitative estimate of drug-likeness (QED) is 0.161. The van der Waals surface area contributed by atoms with Crippen LogP contribution in [0, 0.1) is 18.8 Å². The molecule has 0 amide bonds. The summed E-state index contributed by atoms with van der Waals surface area (Å²) >= 11 is 0. The third kappa shape index (κ3) is 7.14. The summed E-state index contributed by atoms with van der Waals surface area (Å²) in [6, 6.07) is 51.2.